The summed E-state index contributed by atoms with van der Waals surface area (Å²) in [7, 11) is 0. The summed E-state index contributed by atoms with van der Waals surface area (Å²) in [6.45, 7) is 6.61. The van der Waals surface area contributed by atoms with E-state index in [1.807, 2.05) is 0 Å². The first-order valence-corrected chi connectivity index (χ1v) is 7.33. The molecule has 20 heavy (non-hydrogen) atoms. The molecule has 0 unspecified atom stereocenters. The molecule has 0 spiro atoms. The summed E-state index contributed by atoms with van der Waals surface area (Å²) in [6, 6.07) is -0.198. The average molecular weight is 288 g/mol. The van der Waals surface area contributed by atoms with Gasteiger partial charge in [-0.05, 0) is 25.2 Å². The molecule has 6 nitrogen and oxygen atoms in total. The van der Waals surface area contributed by atoms with Gasteiger partial charge in [0.25, 0.3) is 0 Å². The van der Waals surface area contributed by atoms with Crippen LogP contribution in [-0.4, -0.2) is 43.4 Å². The standard InChI is InChI=1S/C14H28N2O4/c1-12(2)7-10-20-11-9-16-14(19)15-8-5-3-4-6-13(17)18/h12H,3-11H2,1-2H3,(H,17,18)(H2,15,16,19). The topological polar surface area (TPSA) is 87.7 Å². The van der Waals surface area contributed by atoms with E-state index in [-0.39, 0.29) is 12.5 Å². The Morgan fingerprint density at radius 3 is 2.40 bits per heavy atom. The van der Waals surface area contributed by atoms with Gasteiger partial charge < -0.3 is 20.5 Å². The largest absolute Gasteiger partial charge is 0.481 e. The Kier molecular flexibility index (Phi) is 11.9. The number of hydrogen-bond donors (Lipinski definition) is 3. The van der Waals surface area contributed by atoms with Crippen LogP contribution in [0.1, 0.15) is 46.0 Å². The Balaban J connectivity index is 3.23. The van der Waals surface area contributed by atoms with Crippen molar-refractivity contribution in [1.82, 2.24) is 10.6 Å². The van der Waals surface area contributed by atoms with Crippen molar-refractivity contribution in [1.29, 1.82) is 0 Å². The van der Waals surface area contributed by atoms with Gasteiger partial charge in [-0.25, -0.2) is 4.79 Å². The molecule has 0 aromatic carbocycles. The molecule has 0 aromatic heterocycles. The lowest BCUT2D eigenvalue weighted by atomic mass is 10.1. The number of urea groups is 1. The lowest BCUT2D eigenvalue weighted by Crippen LogP contribution is -2.37. The highest BCUT2D eigenvalue weighted by Gasteiger charge is 2.00. The number of amides is 2. The zero-order chi connectivity index (χ0) is 15.2. The Hall–Kier alpha value is -1.30. The maximum Gasteiger partial charge on any atom is 0.314 e. The predicted octanol–water partition coefficient (Wildman–Crippen LogP) is 1.99. The fraction of sp³-hybridized carbons (Fsp3) is 0.857. The van der Waals surface area contributed by atoms with Gasteiger partial charge in [0.2, 0.25) is 0 Å². The van der Waals surface area contributed by atoms with Gasteiger partial charge in [0.15, 0.2) is 0 Å². The minimum atomic E-state index is -0.770. The third-order valence-electron chi connectivity index (χ3n) is 2.72. The van der Waals surface area contributed by atoms with Crippen molar-refractivity contribution >= 4 is 12.0 Å². The van der Waals surface area contributed by atoms with E-state index < -0.39 is 5.97 Å². The third-order valence-corrected chi connectivity index (χ3v) is 2.72. The van der Waals surface area contributed by atoms with Crippen molar-refractivity contribution in [3.8, 4) is 0 Å². The minimum absolute atomic E-state index is 0.194. The average Bonchev–Trinajstić information content (AvgIpc) is 2.37. The van der Waals surface area contributed by atoms with E-state index in [0.29, 0.717) is 32.0 Å². The summed E-state index contributed by atoms with van der Waals surface area (Å²) in [5, 5.41) is 13.9. The fourth-order valence-corrected chi connectivity index (χ4v) is 1.50. The van der Waals surface area contributed by atoms with Crippen LogP contribution in [0.2, 0.25) is 0 Å². The van der Waals surface area contributed by atoms with E-state index in [1.54, 1.807) is 0 Å². The monoisotopic (exact) mass is 288 g/mol. The van der Waals surface area contributed by atoms with Crippen molar-refractivity contribution < 1.29 is 19.4 Å². The Bertz CT molecular complexity index is 270. The first-order valence-electron chi connectivity index (χ1n) is 7.33. The zero-order valence-corrected chi connectivity index (χ0v) is 12.6. The van der Waals surface area contributed by atoms with Gasteiger partial charge in [0.05, 0.1) is 6.61 Å². The van der Waals surface area contributed by atoms with Crippen LogP contribution in [0.25, 0.3) is 0 Å². The van der Waals surface area contributed by atoms with E-state index in [0.717, 1.165) is 25.9 Å². The molecule has 0 radical (unpaired) electrons. The van der Waals surface area contributed by atoms with Gasteiger partial charge >= 0.3 is 12.0 Å². The van der Waals surface area contributed by atoms with Crippen molar-refractivity contribution in [2.24, 2.45) is 5.92 Å². The van der Waals surface area contributed by atoms with E-state index >= 15 is 0 Å². The molecule has 2 amide bonds. The van der Waals surface area contributed by atoms with Crippen LogP contribution >= 0.6 is 0 Å². The number of hydrogen-bond acceptors (Lipinski definition) is 3. The molecule has 0 heterocycles. The second-order valence-electron chi connectivity index (χ2n) is 5.18. The number of aliphatic carboxylic acids is 1. The van der Waals surface area contributed by atoms with E-state index in [4.69, 9.17) is 9.84 Å². The molecular formula is C14H28N2O4. The molecule has 3 N–H and O–H groups in total. The van der Waals surface area contributed by atoms with Gasteiger partial charge in [0, 0.05) is 26.1 Å². The van der Waals surface area contributed by atoms with Gasteiger partial charge in [0.1, 0.15) is 0 Å². The van der Waals surface area contributed by atoms with E-state index in [9.17, 15) is 9.59 Å². The van der Waals surface area contributed by atoms with Gasteiger partial charge in [-0.1, -0.05) is 20.3 Å². The summed E-state index contributed by atoms with van der Waals surface area (Å²) in [5.41, 5.74) is 0. The molecular weight excluding hydrogens is 260 g/mol. The number of carbonyl (C=O) groups excluding carboxylic acids is 1. The Labute approximate surface area is 121 Å². The molecule has 0 bridgehead atoms. The normalized spacial score (nSPS) is 10.6. The molecule has 0 aliphatic heterocycles. The third kappa shape index (κ3) is 14.8. The van der Waals surface area contributed by atoms with Gasteiger partial charge in [-0.2, -0.15) is 0 Å². The quantitative estimate of drug-likeness (QED) is 0.479. The summed E-state index contributed by atoms with van der Waals surface area (Å²) >= 11 is 0. The molecule has 0 saturated heterocycles. The summed E-state index contributed by atoms with van der Waals surface area (Å²) < 4.78 is 5.38. The summed E-state index contributed by atoms with van der Waals surface area (Å²) in [5.74, 6) is -0.138. The number of carboxylic acids is 1. The van der Waals surface area contributed by atoms with E-state index in [2.05, 4.69) is 24.5 Å². The highest BCUT2D eigenvalue weighted by molar-refractivity contribution is 5.73. The van der Waals surface area contributed by atoms with Crippen LogP contribution in [0.4, 0.5) is 4.79 Å². The first kappa shape index (κ1) is 18.7. The SMILES string of the molecule is CC(C)CCOCCNC(=O)NCCCCCC(=O)O. The van der Waals surface area contributed by atoms with Gasteiger partial charge in [-0.3, -0.25) is 4.79 Å². The molecule has 0 aliphatic rings. The second kappa shape index (κ2) is 12.7. The minimum Gasteiger partial charge on any atom is -0.481 e. The van der Waals surface area contributed by atoms with Crippen molar-refractivity contribution in [3.63, 3.8) is 0 Å². The Morgan fingerprint density at radius 2 is 1.75 bits per heavy atom. The highest BCUT2D eigenvalue weighted by atomic mass is 16.5. The first-order chi connectivity index (χ1) is 9.52. The smallest absolute Gasteiger partial charge is 0.314 e. The number of carbonyl (C=O) groups is 2. The molecule has 0 fully saturated rings. The molecule has 0 aromatic rings. The van der Waals surface area contributed by atoms with Crippen molar-refractivity contribution in [3.05, 3.63) is 0 Å². The maximum absolute atomic E-state index is 11.4. The van der Waals surface area contributed by atoms with Crippen LogP contribution < -0.4 is 10.6 Å². The molecule has 0 aliphatic carbocycles. The molecule has 0 rings (SSSR count). The van der Waals surface area contributed by atoms with Gasteiger partial charge in [-0.15, -0.1) is 0 Å². The number of carboxylic acid groups (broad SMARTS) is 1. The second-order valence-corrected chi connectivity index (χ2v) is 5.18. The number of nitrogens with one attached hydrogen (secondary N) is 2. The molecule has 0 atom stereocenters. The van der Waals surface area contributed by atoms with Crippen LogP contribution in [-0.2, 0) is 9.53 Å². The van der Waals surface area contributed by atoms with Crippen LogP contribution in [0.3, 0.4) is 0 Å². The summed E-state index contributed by atoms with van der Waals surface area (Å²) in [4.78, 5) is 21.6. The van der Waals surface area contributed by atoms with Crippen LogP contribution in [0, 0.1) is 5.92 Å². The van der Waals surface area contributed by atoms with Crippen LogP contribution in [0.5, 0.6) is 0 Å². The van der Waals surface area contributed by atoms with Crippen LogP contribution in [0.15, 0.2) is 0 Å². The maximum atomic E-state index is 11.4. The van der Waals surface area contributed by atoms with Crippen molar-refractivity contribution in [2.45, 2.75) is 46.0 Å². The molecule has 0 saturated carbocycles. The predicted molar refractivity (Wildman–Crippen MR) is 77.8 cm³/mol. The fourth-order valence-electron chi connectivity index (χ4n) is 1.50. The zero-order valence-electron chi connectivity index (χ0n) is 12.6. The molecule has 6 heteroatoms. The summed E-state index contributed by atoms with van der Waals surface area (Å²) in [6.07, 6.45) is 3.49. The Morgan fingerprint density at radius 1 is 1.05 bits per heavy atom. The van der Waals surface area contributed by atoms with E-state index in [1.165, 1.54) is 0 Å². The number of ether oxygens (including phenoxy) is 1. The lowest BCUT2D eigenvalue weighted by Gasteiger charge is -2.09. The van der Waals surface area contributed by atoms with Crippen molar-refractivity contribution in [2.75, 3.05) is 26.3 Å². The molecule has 118 valence electrons. The lowest BCUT2D eigenvalue weighted by molar-refractivity contribution is -0.137. The number of rotatable bonds is 12. The highest BCUT2D eigenvalue weighted by Crippen LogP contribution is 1.99. The number of unbranched alkanes of at least 4 members (excludes halogenated alkanes) is 2.